The predicted molar refractivity (Wildman–Crippen MR) is 95.9 cm³/mol. The van der Waals surface area contributed by atoms with Crippen LogP contribution in [0.3, 0.4) is 0 Å². The first-order chi connectivity index (χ1) is 11.2. The van der Waals surface area contributed by atoms with Crippen LogP contribution in [0.25, 0.3) is 11.1 Å². The maximum atomic E-state index is 9.17. The molecule has 2 N–H and O–H groups in total. The fourth-order valence-corrected chi connectivity index (χ4v) is 3.41. The van der Waals surface area contributed by atoms with Crippen molar-refractivity contribution in [2.24, 2.45) is 0 Å². The molecule has 4 nitrogen and oxygen atoms in total. The summed E-state index contributed by atoms with van der Waals surface area (Å²) < 4.78 is 1.84. The minimum absolute atomic E-state index is 0.0897. The van der Waals surface area contributed by atoms with Crippen molar-refractivity contribution < 1.29 is 5.11 Å². The molecule has 3 aromatic rings. The summed E-state index contributed by atoms with van der Waals surface area (Å²) in [7, 11) is 0. The van der Waals surface area contributed by atoms with E-state index < -0.39 is 0 Å². The van der Waals surface area contributed by atoms with E-state index in [9.17, 15) is 5.11 Å². The molecular weight excluding hydrogens is 306 g/mol. The van der Waals surface area contributed by atoms with E-state index in [-0.39, 0.29) is 6.61 Å². The molecule has 0 aliphatic carbocycles. The van der Waals surface area contributed by atoms with Crippen LogP contribution in [-0.4, -0.2) is 21.5 Å². The Morgan fingerprint density at radius 1 is 1.17 bits per heavy atom. The number of hydrogen-bond acceptors (Lipinski definition) is 4. The van der Waals surface area contributed by atoms with Crippen LogP contribution in [0.1, 0.15) is 16.1 Å². The van der Waals surface area contributed by atoms with E-state index in [4.69, 9.17) is 0 Å². The Balaban J connectivity index is 1.73. The Morgan fingerprint density at radius 2 is 1.96 bits per heavy atom. The Hall–Kier alpha value is -2.11. The molecule has 0 aliphatic rings. The third-order valence-corrected chi connectivity index (χ3v) is 4.87. The normalized spacial score (nSPS) is 10.9. The second-order valence-corrected chi connectivity index (χ2v) is 6.52. The van der Waals surface area contributed by atoms with Crippen molar-refractivity contribution in [2.45, 2.75) is 26.9 Å². The summed E-state index contributed by atoms with van der Waals surface area (Å²) >= 11 is 1.75. The monoisotopic (exact) mass is 327 g/mol. The first-order valence-corrected chi connectivity index (χ1v) is 8.58. The Morgan fingerprint density at radius 3 is 2.70 bits per heavy atom. The topological polar surface area (TPSA) is 50.1 Å². The molecule has 23 heavy (non-hydrogen) atoms. The summed E-state index contributed by atoms with van der Waals surface area (Å²) in [4.78, 5) is 1.28. The number of anilines is 1. The van der Waals surface area contributed by atoms with Gasteiger partial charge in [-0.05, 0) is 36.4 Å². The number of nitrogens with zero attached hydrogens (tertiary/aromatic N) is 2. The van der Waals surface area contributed by atoms with Gasteiger partial charge in [-0.1, -0.05) is 30.3 Å². The van der Waals surface area contributed by atoms with Crippen molar-refractivity contribution in [2.75, 3.05) is 11.9 Å². The molecule has 0 unspecified atom stereocenters. The highest BCUT2D eigenvalue weighted by molar-refractivity contribution is 7.10. The molecule has 0 radical (unpaired) electrons. The Bertz CT molecular complexity index is 777. The van der Waals surface area contributed by atoms with E-state index >= 15 is 0 Å². The molecule has 2 aromatic heterocycles. The zero-order chi connectivity index (χ0) is 16.2. The van der Waals surface area contributed by atoms with Crippen molar-refractivity contribution >= 4 is 17.2 Å². The van der Waals surface area contributed by atoms with Gasteiger partial charge in [0, 0.05) is 10.4 Å². The maximum absolute atomic E-state index is 9.17. The summed E-state index contributed by atoms with van der Waals surface area (Å²) in [5, 5.41) is 19.3. The first-order valence-electron chi connectivity index (χ1n) is 7.70. The van der Waals surface area contributed by atoms with Gasteiger partial charge < -0.3 is 10.4 Å². The third kappa shape index (κ3) is 3.46. The molecule has 5 heteroatoms. The lowest BCUT2D eigenvalue weighted by molar-refractivity contribution is 0.270. The first kappa shape index (κ1) is 15.8. The minimum Gasteiger partial charge on any atom is -0.394 e. The van der Waals surface area contributed by atoms with Gasteiger partial charge in [-0.15, -0.1) is 11.3 Å². The number of nitrogens with one attached hydrogen (secondary N) is 1. The van der Waals surface area contributed by atoms with Crippen molar-refractivity contribution in [1.29, 1.82) is 0 Å². The van der Waals surface area contributed by atoms with E-state index in [0.29, 0.717) is 6.54 Å². The number of rotatable bonds is 6. The van der Waals surface area contributed by atoms with Crippen LogP contribution in [-0.2, 0) is 13.1 Å². The number of aromatic nitrogens is 2. The van der Waals surface area contributed by atoms with Crippen molar-refractivity contribution in [1.82, 2.24) is 9.78 Å². The van der Waals surface area contributed by atoms with Gasteiger partial charge in [-0.25, -0.2) is 4.68 Å². The molecule has 0 aliphatic heterocycles. The zero-order valence-corrected chi connectivity index (χ0v) is 14.2. The van der Waals surface area contributed by atoms with E-state index in [1.807, 2.05) is 17.7 Å². The third-order valence-electron chi connectivity index (χ3n) is 3.93. The molecule has 0 saturated carbocycles. The van der Waals surface area contributed by atoms with Gasteiger partial charge in [0.05, 0.1) is 25.4 Å². The molecule has 0 atom stereocenters. The van der Waals surface area contributed by atoms with Crippen LogP contribution in [0.2, 0.25) is 0 Å². The van der Waals surface area contributed by atoms with E-state index in [2.05, 4.69) is 53.1 Å². The molecule has 120 valence electrons. The van der Waals surface area contributed by atoms with Crippen LogP contribution in [0.4, 0.5) is 5.82 Å². The smallest absolute Gasteiger partial charge is 0.127 e. The SMILES string of the molecule is Cc1nn(CCO)c(NCc2cc(-c3ccccc3)cs2)c1C. The van der Waals surface area contributed by atoms with Crippen LogP contribution in [0.5, 0.6) is 0 Å². The Labute approximate surface area is 140 Å². The zero-order valence-electron chi connectivity index (χ0n) is 13.4. The second kappa shape index (κ2) is 6.98. The lowest BCUT2D eigenvalue weighted by Gasteiger charge is -2.09. The molecule has 0 spiro atoms. The number of benzene rings is 1. The molecule has 1 aromatic carbocycles. The predicted octanol–water partition coefficient (Wildman–Crippen LogP) is 3.83. The van der Waals surface area contributed by atoms with Crippen molar-refractivity contribution in [3.8, 4) is 11.1 Å². The van der Waals surface area contributed by atoms with Crippen molar-refractivity contribution in [3.63, 3.8) is 0 Å². The maximum Gasteiger partial charge on any atom is 0.127 e. The lowest BCUT2D eigenvalue weighted by Crippen LogP contribution is -2.10. The van der Waals surface area contributed by atoms with Crippen molar-refractivity contribution in [3.05, 3.63) is 57.9 Å². The largest absolute Gasteiger partial charge is 0.394 e. The number of aliphatic hydroxyl groups is 1. The molecule has 2 heterocycles. The quantitative estimate of drug-likeness (QED) is 0.723. The fourth-order valence-electron chi connectivity index (χ4n) is 2.58. The average molecular weight is 327 g/mol. The van der Waals surface area contributed by atoms with Gasteiger partial charge in [-0.2, -0.15) is 5.10 Å². The van der Waals surface area contributed by atoms with Crippen LogP contribution in [0, 0.1) is 13.8 Å². The summed E-state index contributed by atoms with van der Waals surface area (Å²) in [5.74, 6) is 0.992. The van der Waals surface area contributed by atoms with E-state index in [1.54, 1.807) is 11.3 Å². The van der Waals surface area contributed by atoms with Crippen LogP contribution >= 0.6 is 11.3 Å². The fraction of sp³-hybridized carbons (Fsp3) is 0.278. The molecule has 0 bridgehead atoms. The summed E-state index contributed by atoms with van der Waals surface area (Å²) in [6.07, 6.45) is 0. The molecule has 0 saturated heterocycles. The van der Waals surface area contributed by atoms with Crippen LogP contribution in [0.15, 0.2) is 41.8 Å². The molecule has 0 fully saturated rings. The van der Waals surface area contributed by atoms with Gasteiger partial charge in [0.1, 0.15) is 5.82 Å². The molecule has 3 rings (SSSR count). The number of aryl methyl sites for hydroxylation is 1. The van der Waals surface area contributed by atoms with Gasteiger partial charge in [0.2, 0.25) is 0 Å². The van der Waals surface area contributed by atoms with Crippen LogP contribution < -0.4 is 5.32 Å². The van der Waals surface area contributed by atoms with E-state index in [1.165, 1.54) is 16.0 Å². The van der Waals surface area contributed by atoms with Gasteiger partial charge in [0.15, 0.2) is 0 Å². The lowest BCUT2D eigenvalue weighted by atomic mass is 10.1. The molecule has 0 amide bonds. The number of hydrogen-bond donors (Lipinski definition) is 2. The summed E-state index contributed by atoms with van der Waals surface area (Å²) in [6, 6.07) is 12.6. The highest BCUT2D eigenvalue weighted by atomic mass is 32.1. The van der Waals surface area contributed by atoms with Gasteiger partial charge in [-0.3, -0.25) is 0 Å². The van der Waals surface area contributed by atoms with Gasteiger partial charge >= 0.3 is 0 Å². The van der Waals surface area contributed by atoms with E-state index in [0.717, 1.165) is 23.6 Å². The van der Waals surface area contributed by atoms with Gasteiger partial charge in [0.25, 0.3) is 0 Å². The summed E-state index contributed by atoms with van der Waals surface area (Å²) in [5.41, 5.74) is 4.63. The number of aliphatic hydroxyl groups excluding tert-OH is 1. The average Bonchev–Trinajstić information content (AvgIpc) is 3.13. The Kier molecular flexibility index (Phi) is 4.79. The highest BCUT2D eigenvalue weighted by Gasteiger charge is 2.11. The minimum atomic E-state index is 0.0897. The second-order valence-electron chi connectivity index (χ2n) is 5.53. The number of thiophene rings is 1. The standard InChI is InChI=1S/C18H21N3OS/c1-13-14(2)20-21(8-9-22)18(13)19-11-17-10-16(12-23-17)15-6-4-3-5-7-15/h3-7,10,12,19,22H,8-9,11H2,1-2H3. The highest BCUT2D eigenvalue weighted by Crippen LogP contribution is 2.26. The summed E-state index contributed by atoms with van der Waals surface area (Å²) in [6.45, 7) is 5.41. The molecular formula is C18H21N3OS.